The number of aromatic nitrogens is 2. The van der Waals surface area contributed by atoms with Crippen LogP contribution in [0.1, 0.15) is 5.69 Å². The predicted molar refractivity (Wildman–Crippen MR) is 81.7 cm³/mol. The van der Waals surface area contributed by atoms with E-state index in [-0.39, 0.29) is 0 Å². The standard InChI is InChI=1S/C14H11BrClN3/c15-10-4-5-12(16)13(7-10)17-8-11-9-19-6-2-1-3-14(19)18-11/h1-7,9,17H,8H2. The van der Waals surface area contributed by atoms with Crippen LogP contribution in [0.5, 0.6) is 0 Å². The lowest BCUT2D eigenvalue weighted by molar-refractivity contribution is 1.08. The molecule has 0 spiro atoms. The van der Waals surface area contributed by atoms with Gasteiger partial charge in [-0.3, -0.25) is 0 Å². The Hall–Kier alpha value is -1.52. The van der Waals surface area contributed by atoms with E-state index >= 15 is 0 Å². The monoisotopic (exact) mass is 335 g/mol. The minimum absolute atomic E-state index is 0.637. The molecule has 0 amide bonds. The number of hydrogen-bond acceptors (Lipinski definition) is 2. The van der Waals surface area contributed by atoms with Crippen LogP contribution < -0.4 is 5.32 Å². The Morgan fingerprint density at radius 2 is 2.16 bits per heavy atom. The second-order valence-electron chi connectivity index (χ2n) is 4.18. The van der Waals surface area contributed by atoms with Gasteiger partial charge < -0.3 is 9.72 Å². The summed E-state index contributed by atoms with van der Waals surface area (Å²) in [6.07, 6.45) is 3.99. The van der Waals surface area contributed by atoms with Crippen LogP contribution in [-0.2, 0) is 6.54 Å². The van der Waals surface area contributed by atoms with Crippen molar-refractivity contribution in [2.45, 2.75) is 6.54 Å². The summed E-state index contributed by atoms with van der Waals surface area (Å²) in [5, 5.41) is 3.99. The molecule has 1 N–H and O–H groups in total. The Morgan fingerprint density at radius 1 is 1.26 bits per heavy atom. The van der Waals surface area contributed by atoms with Crippen molar-refractivity contribution in [3.8, 4) is 0 Å². The highest BCUT2D eigenvalue weighted by atomic mass is 79.9. The van der Waals surface area contributed by atoms with Crippen molar-refractivity contribution in [3.05, 3.63) is 64.0 Å². The highest BCUT2D eigenvalue weighted by Gasteiger charge is 2.03. The molecule has 0 aliphatic heterocycles. The number of anilines is 1. The van der Waals surface area contributed by atoms with Gasteiger partial charge in [0.2, 0.25) is 0 Å². The number of fused-ring (bicyclic) bond motifs is 1. The number of nitrogens with zero attached hydrogens (tertiary/aromatic N) is 2. The fraction of sp³-hybridized carbons (Fsp3) is 0.0714. The predicted octanol–water partition coefficient (Wildman–Crippen LogP) is 4.36. The third-order valence-electron chi connectivity index (χ3n) is 2.80. The van der Waals surface area contributed by atoms with Crippen molar-refractivity contribution in [1.82, 2.24) is 9.38 Å². The smallest absolute Gasteiger partial charge is 0.137 e. The van der Waals surface area contributed by atoms with Crippen molar-refractivity contribution in [2.75, 3.05) is 5.32 Å². The van der Waals surface area contributed by atoms with Crippen molar-refractivity contribution in [1.29, 1.82) is 0 Å². The van der Waals surface area contributed by atoms with E-state index in [4.69, 9.17) is 11.6 Å². The fourth-order valence-electron chi connectivity index (χ4n) is 1.89. The van der Waals surface area contributed by atoms with Crippen LogP contribution in [0.4, 0.5) is 5.69 Å². The first-order valence-electron chi connectivity index (χ1n) is 5.84. The topological polar surface area (TPSA) is 29.3 Å². The van der Waals surface area contributed by atoms with Crippen LogP contribution >= 0.6 is 27.5 Å². The zero-order valence-electron chi connectivity index (χ0n) is 9.98. The normalized spacial score (nSPS) is 10.8. The fourth-order valence-corrected chi connectivity index (χ4v) is 2.44. The summed E-state index contributed by atoms with van der Waals surface area (Å²) >= 11 is 9.56. The number of pyridine rings is 1. The lowest BCUT2D eigenvalue weighted by Gasteiger charge is -2.07. The van der Waals surface area contributed by atoms with Crippen LogP contribution in [-0.4, -0.2) is 9.38 Å². The highest BCUT2D eigenvalue weighted by molar-refractivity contribution is 9.10. The molecule has 0 fully saturated rings. The van der Waals surface area contributed by atoms with Gasteiger partial charge in [-0.1, -0.05) is 33.6 Å². The number of nitrogens with one attached hydrogen (secondary N) is 1. The van der Waals surface area contributed by atoms with Gasteiger partial charge in [-0.15, -0.1) is 0 Å². The Kier molecular flexibility index (Phi) is 3.44. The molecular formula is C14H11BrClN3. The molecule has 0 unspecified atom stereocenters. The van der Waals surface area contributed by atoms with Gasteiger partial charge in [0.05, 0.1) is 22.9 Å². The summed E-state index contributed by atoms with van der Waals surface area (Å²) in [6, 6.07) is 11.7. The van der Waals surface area contributed by atoms with E-state index in [1.165, 1.54) is 0 Å². The maximum atomic E-state index is 6.13. The van der Waals surface area contributed by atoms with Crippen LogP contribution in [0.2, 0.25) is 5.02 Å². The lowest BCUT2D eigenvalue weighted by atomic mass is 10.3. The van der Waals surface area contributed by atoms with Crippen molar-refractivity contribution >= 4 is 38.9 Å². The molecule has 3 rings (SSSR count). The van der Waals surface area contributed by atoms with Crippen LogP contribution in [0.3, 0.4) is 0 Å². The lowest BCUT2D eigenvalue weighted by Crippen LogP contribution is -2.00. The number of hydrogen-bond donors (Lipinski definition) is 1. The van der Waals surface area contributed by atoms with Crippen molar-refractivity contribution in [2.24, 2.45) is 0 Å². The number of rotatable bonds is 3. The molecule has 1 aromatic carbocycles. The van der Waals surface area contributed by atoms with Gasteiger partial charge >= 0.3 is 0 Å². The molecule has 0 radical (unpaired) electrons. The Labute approximate surface area is 124 Å². The van der Waals surface area contributed by atoms with E-state index in [0.717, 1.165) is 21.5 Å². The third-order valence-corrected chi connectivity index (χ3v) is 3.63. The Morgan fingerprint density at radius 3 is 3.00 bits per heavy atom. The third kappa shape index (κ3) is 2.74. The first kappa shape index (κ1) is 12.5. The zero-order chi connectivity index (χ0) is 13.2. The van der Waals surface area contributed by atoms with Gasteiger partial charge in [0.25, 0.3) is 0 Å². The Balaban J connectivity index is 1.80. The summed E-state index contributed by atoms with van der Waals surface area (Å²) in [4.78, 5) is 4.53. The average molecular weight is 337 g/mol. The van der Waals surface area contributed by atoms with E-state index in [2.05, 4.69) is 26.2 Å². The number of benzene rings is 1. The summed E-state index contributed by atoms with van der Waals surface area (Å²) in [7, 11) is 0. The minimum atomic E-state index is 0.637. The molecule has 0 bridgehead atoms. The maximum absolute atomic E-state index is 6.13. The van der Waals surface area contributed by atoms with Crippen LogP contribution in [0.15, 0.2) is 53.3 Å². The van der Waals surface area contributed by atoms with Crippen molar-refractivity contribution < 1.29 is 0 Å². The summed E-state index contributed by atoms with van der Waals surface area (Å²) in [6.45, 7) is 0.637. The van der Waals surface area contributed by atoms with E-state index in [1.54, 1.807) is 0 Å². The molecular weight excluding hydrogens is 326 g/mol. The average Bonchev–Trinajstić information content (AvgIpc) is 2.82. The molecule has 0 atom stereocenters. The second kappa shape index (κ2) is 5.23. The summed E-state index contributed by atoms with van der Waals surface area (Å²) < 4.78 is 2.99. The van der Waals surface area contributed by atoms with E-state index in [0.29, 0.717) is 11.6 Å². The highest BCUT2D eigenvalue weighted by Crippen LogP contribution is 2.26. The first-order valence-corrected chi connectivity index (χ1v) is 7.01. The molecule has 3 aromatic rings. The summed E-state index contributed by atoms with van der Waals surface area (Å²) in [5.41, 5.74) is 2.81. The number of halogens is 2. The molecule has 0 saturated carbocycles. The summed E-state index contributed by atoms with van der Waals surface area (Å²) in [5.74, 6) is 0. The van der Waals surface area contributed by atoms with Gasteiger partial charge in [0.1, 0.15) is 5.65 Å². The zero-order valence-corrected chi connectivity index (χ0v) is 12.3. The van der Waals surface area contributed by atoms with E-state index in [1.807, 2.05) is 53.2 Å². The SMILES string of the molecule is Clc1ccc(Br)cc1NCc1cn2ccccc2n1. The van der Waals surface area contributed by atoms with E-state index in [9.17, 15) is 0 Å². The van der Waals surface area contributed by atoms with E-state index < -0.39 is 0 Å². The van der Waals surface area contributed by atoms with Gasteiger partial charge in [-0.05, 0) is 30.3 Å². The van der Waals surface area contributed by atoms with Gasteiger partial charge in [-0.2, -0.15) is 0 Å². The quantitative estimate of drug-likeness (QED) is 0.770. The molecule has 19 heavy (non-hydrogen) atoms. The van der Waals surface area contributed by atoms with Gasteiger partial charge in [0, 0.05) is 16.9 Å². The van der Waals surface area contributed by atoms with Crippen LogP contribution in [0.25, 0.3) is 5.65 Å². The molecule has 2 heterocycles. The Bertz CT molecular complexity index is 691. The molecule has 0 aliphatic rings. The van der Waals surface area contributed by atoms with Gasteiger partial charge in [0.15, 0.2) is 0 Å². The maximum Gasteiger partial charge on any atom is 0.137 e. The molecule has 5 heteroatoms. The molecule has 2 aromatic heterocycles. The minimum Gasteiger partial charge on any atom is -0.378 e. The molecule has 0 aliphatic carbocycles. The number of imidazole rings is 1. The molecule has 3 nitrogen and oxygen atoms in total. The second-order valence-corrected chi connectivity index (χ2v) is 5.50. The molecule has 96 valence electrons. The van der Waals surface area contributed by atoms with Crippen LogP contribution in [0, 0.1) is 0 Å². The largest absolute Gasteiger partial charge is 0.378 e. The van der Waals surface area contributed by atoms with Gasteiger partial charge in [-0.25, -0.2) is 4.98 Å². The first-order chi connectivity index (χ1) is 9.22. The molecule has 0 saturated heterocycles. The van der Waals surface area contributed by atoms with Crippen molar-refractivity contribution in [3.63, 3.8) is 0 Å².